The zero-order valence-electron chi connectivity index (χ0n) is 11.9. The summed E-state index contributed by atoms with van der Waals surface area (Å²) in [6, 6.07) is 6.33. The predicted molar refractivity (Wildman–Crippen MR) is 75.8 cm³/mol. The molecule has 0 aliphatic rings. The summed E-state index contributed by atoms with van der Waals surface area (Å²) in [4.78, 5) is 22.8. The van der Waals surface area contributed by atoms with Crippen LogP contribution in [0.15, 0.2) is 24.3 Å². The Hall–Kier alpha value is -2.08. The average Bonchev–Trinajstić information content (AvgIpc) is 2.37. The maximum atomic E-state index is 12.0. The van der Waals surface area contributed by atoms with Crippen molar-refractivity contribution >= 4 is 11.8 Å². The molecule has 0 aliphatic heterocycles. The van der Waals surface area contributed by atoms with Crippen molar-refractivity contribution in [3.63, 3.8) is 0 Å². The van der Waals surface area contributed by atoms with Crippen molar-refractivity contribution in [2.45, 2.75) is 39.3 Å². The summed E-state index contributed by atoms with van der Waals surface area (Å²) >= 11 is 0. The van der Waals surface area contributed by atoms with E-state index in [9.17, 15) is 14.7 Å². The second-order valence-electron chi connectivity index (χ2n) is 4.91. The van der Waals surface area contributed by atoms with Crippen LogP contribution in [-0.4, -0.2) is 29.0 Å². The third kappa shape index (κ3) is 5.71. The lowest BCUT2D eigenvalue weighted by molar-refractivity contribution is -0.129. The smallest absolute Gasteiger partial charge is 0.255 e. The van der Waals surface area contributed by atoms with Crippen LogP contribution in [0.2, 0.25) is 0 Å². The van der Waals surface area contributed by atoms with Gasteiger partial charge in [0.05, 0.1) is 6.04 Å². The zero-order chi connectivity index (χ0) is 15.1. The number of phenolic OH excluding ortho intramolecular Hbond substituents is 1. The van der Waals surface area contributed by atoms with Crippen LogP contribution < -0.4 is 16.2 Å². The zero-order valence-corrected chi connectivity index (χ0v) is 11.9. The lowest BCUT2D eigenvalue weighted by Crippen LogP contribution is -2.52. The quantitative estimate of drug-likeness (QED) is 0.590. The number of nitrogens with one attached hydrogen (secondary N) is 3. The molecule has 2 amide bonds. The predicted octanol–water partition coefficient (Wildman–Crippen LogP) is 0.469. The Morgan fingerprint density at radius 3 is 2.25 bits per heavy atom. The molecule has 1 rings (SSSR count). The molecule has 0 bridgehead atoms. The van der Waals surface area contributed by atoms with Gasteiger partial charge in [0.2, 0.25) is 5.91 Å². The molecule has 0 spiro atoms. The van der Waals surface area contributed by atoms with Crippen molar-refractivity contribution < 1.29 is 14.7 Å². The fourth-order valence-corrected chi connectivity index (χ4v) is 1.73. The van der Waals surface area contributed by atoms with E-state index in [2.05, 4.69) is 16.2 Å². The molecule has 0 aliphatic carbocycles. The summed E-state index contributed by atoms with van der Waals surface area (Å²) in [6.45, 7) is 5.20. The van der Waals surface area contributed by atoms with Gasteiger partial charge in [-0.2, -0.15) is 0 Å². The van der Waals surface area contributed by atoms with E-state index in [-0.39, 0.29) is 23.6 Å². The average molecular weight is 279 g/mol. The Labute approximate surface area is 118 Å². The molecular weight excluding hydrogens is 258 g/mol. The minimum absolute atomic E-state index is 0.125. The first kappa shape index (κ1) is 16.0. The summed E-state index contributed by atoms with van der Waals surface area (Å²) in [6.07, 6.45) is 0.462. The molecule has 0 radical (unpaired) electrons. The van der Waals surface area contributed by atoms with E-state index in [1.165, 1.54) is 6.92 Å². The Bertz CT molecular complexity index is 457. The maximum Gasteiger partial charge on any atom is 0.255 e. The Kier molecular flexibility index (Phi) is 5.99. The molecule has 0 saturated heterocycles. The van der Waals surface area contributed by atoms with E-state index >= 15 is 0 Å². The van der Waals surface area contributed by atoms with Crippen LogP contribution in [0.5, 0.6) is 5.75 Å². The Morgan fingerprint density at radius 2 is 1.75 bits per heavy atom. The van der Waals surface area contributed by atoms with Crippen LogP contribution in [0, 0.1) is 0 Å². The summed E-state index contributed by atoms with van der Waals surface area (Å²) in [5.74, 6) is -0.446. The molecule has 1 aromatic rings. The summed E-state index contributed by atoms with van der Waals surface area (Å²) in [5.41, 5.74) is 5.56. The van der Waals surface area contributed by atoms with Crippen molar-refractivity contribution in [1.82, 2.24) is 16.2 Å². The fraction of sp³-hybridized carbons (Fsp3) is 0.429. The number of aromatic hydroxyl groups is 1. The number of rotatable bonds is 5. The first-order chi connectivity index (χ1) is 9.38. The summed E-state index contributed by atoms with van der Waals surface area (Å²) in [7, 11) is 0. The number of carbonyl (C=O) groups is 2. The lowest BCUT2D eigenvalue weighted by Gasteiger charge is -2.20. The number of hydrogen-bond donors (Lipinski definition) is 4. The standard InChI is InChI=1S/C14H21N3O3/c1-9(2)15-13(14(20)17-16-10(3)18)8-11-4-6-12(19)7-5-11/h4-7,9,13,15,19H,8H2,1-3H3,(H,16,18)(H,17,20). The molecule has 1 aromatic carbocycles. The van der Waals surface area contributed by atoms with Gasteiger partial charge in [0.1, 0.15) is 5.75 Å². The normalized spacial score (nSPS) is 12.0. The molecule has 1 atom stereocenters. The SMILES string of the molecule is CC(=O)NNC(=O)C(Cc1ccc(O)cc1)NC(C)C. The minimum Gasteiger partial charge on any atom is -0.508 e. The van der Waals surface area contributed by atoms with E-state index in [1.54, 1.807) is 24.3 Å². The van der Waals surface area contributed by atoms with Crippen molar-refractivity contribution in [3.05, 3.63) is 29.8 Å². The van der Waals surface area contributed by atoms with Gasteiger partial charge in [-0.15, -0.1) is 0 Å². The molecule has 6 nitrogen and oxygen atoms in total. The van der Waals surface area contributed by atoms with Crippen molar-refractivity contribution in [2.24, 2.45) is 0 Å². The molecule has 20 heavy (non-hydrogen) atoms. The maximum absolute atomic E-state index is 12.0. The van der Waals surface area contributed by atoms with Gasteiger partial charge in [-0.05, 0) is 24.1 Å². The lowest BCUT2D eigenvalue weighted by atomic mass is 10.0. The monoisotopic (exact) mass is 279 g/mol. The molecule has 0 saturated carbocycles. The largest absolute Gasteiger partial charge is 0.508 e. The molecule has 6 heteroatoms. The third-order valence-corrected chi connectivity index (χ3v) is 2.59. The van der Waals surface area contributed by atoms with Crippen LogP contribution in [0.25, 0.3) is 0 Å². The number of hydrogen-bond acceptors (Lipinski definition) is 4. The van der Waals surface area contributed by atoms with Crippen molar-refractivity contribution in [3.8, 4) is 5.75 Å². The Morgan fingerprint density at radius 1 is 1.15 bits per heavy atom. The summed E-state index contributed by atoms with van der Waals surface area (Å²) in [5, 5.41) is 12.4. The Balaban J connectivity index is 2.70. The second-order valence-corrected chi connectivity index (χ2v) is 4.91. The van der Waals surface area contributed by atoms with Crippen LogP contribution in [0.1, 0.15) is 26.3 Å². The fourth-order valence-electron chi connectivity index (χ4n) is 1.73. The van der Waals surface area contributed by atoms with E-state index in [1.807, 2.05) is 13.8 Å². The number of benzene rings is 1. The van der Waals surface area contributed by atoms with Gasteiger partial charge in [0, 0.05) is 13.0 Å². The highest BCUT2D eigenvalue weighted by molar-refractivity contribution is 5.84. The summed E-state index contributed by atoms with van der Waals surface area (Å²) < 4.78 is 0. The highest BCUT2D eigenvalue weighted by Gasteiger charge is 2.19. The first-order valence-corrected chi connectivity index (χ1v) is 6.49. The van der Waals surface area contributed by atoms with Crippen LogP contribution in [0.4, 0.5) is 0 Å². The van der Waals surface area contributed by atoms with Gasteiger partial charge in [-0.25, -0.2) is 0 Å². The minimum atomic E-state index is -0.466. The van der Waals surface area contributed by atoms with E-state index in [0.717, 1.165) is 5.56 Å². The van der Waals surface area contributed by atoms with Crippen molar-refractivity contribution in [1.29, 1.82) is 0 Å². The van der Waals surface area contributed by atoms with Gasteiger partial charge in [-0.3, -0.25) is 20.4 Å². The van der Waals surface area contributed by atoms with Crippen molar-refractivity contribution in [2.75, 3.05) is 0 Å². The third-order valence-electron chi connectivity index (χ3n) is 2.59. The number of amides is 2. The van der Waals surface area contributed by atoms with Gasteiger partial charge < -0.3 is 10.4 Å². The number of phenols is 1. The molecule has 0 fully saturated rings. The number of hydrazine groups is 1. The van der Waals surface area contributed by atoms with Crippen LogP contribution >= 0.6 is 0 Å². The second kappa shape index (κ2) is 7.49. The number of carbonyl (C=O) groups excluding carboxylic acids is 2. The van der Waals surface area contributed by atoms with Gasteiger partial charge in [0.15, 0.2) is 0 Å². The van der Waals surface area contributed by atoms with Gasteiger partial charge >= 0.3 is 0 Å². The highest BCUT2D eigenvalue weighted by atomic mass is 16.3. The van der Waals surface area contributed by atoms with E-state index in [0.29, 0.717) is 6.42 Å². The molecule has 110 valence electrons. The molecule has 4 N–H and O–H groups in total. The molecular formula is C14H21N3O3. The van der Waals surface area contributed by atoms with Crippen LogP contribution in [0.3, 0.4) is 0 Å². The van der Waals surface area contributed by atoms with Gasteiger partial charge in [-0.1, -0.05) is 26.0 Å². The van der Waals surface area contributed by atoms with E-state index in [4.69, 9.17) is 0 Å². The van der Waals surface area contributed by atoms with Gasteiger partial charge in [0.25, 0.3) is 5.91 Å². The highest BCUT2D eigenvalue weighted by Crippen LogP contribution is 2.11. The molecule has 1 unspecified atom stereocenters. The molecule has 0 heterocycles. The topological polar surface area (TPSA) is 90.5 Å². The first-order valence-electron chi connectivity index (χ1n) is 6.49. The van der Waals surface area contributed by atoms with Crippen LogP contribution in [-0.2, 0) is 16.0 Å². The van der Waals surface area contributed by atoms with E-state index < -0.39 is 6.04 Å². The molecule has 0 aromatic heterocycles.